The van der Waals surface area contributed by atoms with Gasteiger partial charge in [-0.2, -0.15) is 0 Å². The second-order valence-corrected chi connectivity index (χ2v) is 33.4. The molecule has 19 heteroatoms. The SMILES string of the molecule is CCCCCCCCCCCCCCCCC(=O)O[C@H](COC(=O)CCCCCCCCCCCCCCC)COP(=O)(O)OC[C@H](O)COP(=O)(O)OC[C@@H](COC(=O)CCCCCCCCCCCCCCCC(C)C)OC(=O)CCCCCCCCCCCCCCCCCC(C)C. The number of aliphatic hydroxyl groups is 1. The van der Waals surface area contributed by atoms with E-state index in [9.17, 15) is 43.2 Å². The van der Waals surface area contributed by atoms with Crippen LogP contribution in [0.2, 0.25) is 0 Å². The molecule has 0 rings (SSSR count). The van der Waals surface area contributed by atoms with Gasteiger partial charge in [-0.15, -0.1) is 0 Å². The van der Waals surface area contributed by atoms with Crippen LogP contribution in [-0.2, 0) is 65.4 Å². The topological polar surface area (TPSA) is 237 Å². The Balaban J connectivity index is 5.27. The highest BCUT2D eigenvalue weighted by Gasteiger charge is 2.30. The lowest BCUT2D eigenvalue weighted by molar-refractivity contribution is -0.161. The number of phosphoric ester groups is 2. The molecule has 0 saturated carbocycles. The molecule has 0 heterocycles. The number of hydrogen-bond acceptors (Lipinski definition) is 15. The van der Waals surface area contributed by atoms with Crippen LogP contribution in [0.4, 0.5) is 0 Å². The van der Waals surface area contributed by atoms with Crippen molar-refractivity contribution >= 4 is 39.5 Å². The summed E-state index contributed by atoms with van der Waals surface area (Å²) in [6.45, 7) is 9.70. The maximum atomic E-state index is 13.1. The number of carbonyl (C=O) groups excluding carboxylic acids is 4. The highest BCUT2D eigenvalue weighted by Crippen LogP contribution is 2.45. The summed E-state index contributed by atoms with van der Waals surface area (Å²) in [5.41, 5.74) is 0. The molecular weight excluding hydrogens is 1320 g/mol. The zero-order chi connectivity index (χ0) is 74.2. The summed E-state index contributed by atoms with van der Waals surface area (Å²) in [6.07, 6.45) is 63.6. The van der Waals surface area contributed by atoms with Gasteiger partial charge in [-0.05, 0) is 37.5 Å². The van der Waals surface area contributed by atoms with Gasteiger partial charge in [0.1, 0.15) is 19.3 Å². The molecule has 2 unspecified atom stereocenters. The van der Waals surface area contributed by atoms with Crippen molar-refractivity contribution in [3.63, 3.8) is 0 Å². The average Bonchev–Trinajstić information content (AvgIpc) is 0.976. The highest BCUT2D eigenvalue weighted by molar-refractivity contribution is 7.47. The molecule has 0 aliphatic carbocycles. The predicted molar refractivity (Wildman–Crippen MR) is 414 cm³/mol. The van der Waals surface area contributed by atoms with Gasteiger partial charge in [-0.25, -0.2) is 9.13 Å². The predicted octanol–water partition coefficient (Wildman–Crippen LogP) is 24.7. The van der Waals surface area contributed by atoms with Crippen LogP contribution in [0.5, 0.6) is 0 Å². The van der Waals surface area contributed by atoms with Crippen molar-refractivity contribution in [2.75, 3.05) is 39.6 Å². The molecule has 101 heavy (non-hydrogen) atoms. The lowest BCUT2D eigenvalue weighted by Gasteiger charge is -2.21. The van der Waals surface area contributed by atoms with E-state index >= 15 is 0 Å². The number of phosphoric acid groups is 2. The molecule has 3 N–H and O–H groups in total. The smallest absolute Gasteiger partial charge is 0.462 e. The molecule has 0 aromatic rings. The Morgan fingerprint density at radius 2 is 0.455 bits per heavy atom. The summed E-state index contributed by atoms with van der Waals surface area (Å²) in [6, 6.07) is 0. The van der Waals surface area contributed by atoms with Crippen molar-refractivity contribution in [2.45, 2.75) is 452 Å². The fourth-order valence-corrected chi connectivity index (χ4v) is 14.3. The van der Waals surface area contributed by atoms with Crippen molar-refractivity contribution < 1.29 is 80.2 Å². The number of hydrogen-bond donors (Lipinski definition) is 3. The number of aliphatic hydroxyl groups excluding tert-OH is 1. The van der Waals surface area contributed by atoms with Crippen LogP contribution in [0.3, 0.4) is 0 Å². The van der Waals surface area contributed by atoms with Crippen molar-refractivity contribution in [1.82, 2.24) is 0 Å². The third kappa shape index (κ3) is 76.1. The number of carbonyl (C=O) groups is 4. The van der Waals surface area contributed by atoms with Crippen LogP contribution in [0.25, 0.3) is 0 Å². The molecule has 5 atom stereocenters. The molecule has 0 fully saturated rings. The van der Waals surface area contributed by atoms with Crippen molar-refractivity contribution in [2.24, 2.45) is 11.8 Å². The van der Waals surface area contributed by atoms with Crippen molar-refractivity contribution in [3.8, 4) is 0 Å². The molecular formula is C82H160O17P2. The first-order chi connectivity index (χ1) is 48.9. The van der Waals surface area contributed by atoms with Crippen molar-refractivity contribution in [1.29, 1.82) is 0 Å². The Morgan fingerprint density at radius 1 is 0.267 bits per heavy atom. The minimum Gasteiger partial charge on any atom is -0.462 e. The van der Waals surface area contributed by atoms with E-state index in [4.69, 9.17) is 37.0 Å². The minimum absolute atomic E-state index is 0.108. The fourth-order valence-electron chi connectivity index (χ4n) is 12.7. The lowest BCUT2D eigenvalue weighted by Crippen LogP contribution is -2.30. The van der Waals surface area contributed by atoms with E-state index in [-0.39, 0.29) is 25.7 Å². The first-order valence-corrected chi connectivity index (χ1v) is 45.5. The largest absolute Gasteiger partial charge is 0.472 e. The van der Waals surface area contributed by atoms with E-state index in [1.54, 1.807) is 0 Å². The van der Waals surface area contributed by atoms with E-state index in [2.05, 4.69) is 41.5 Å². The summed E-state index contributed by atoms with van der Waals surface area (Å²) in [5, 5.41) is 10.7. The molecule has 0 bridgehead atoms. The van der Waals surface area contributed by atoms with Crippen LogP contribution in [0.15, 0.2) is 0 Å². The van der Waals surface area contributed by atoms with E-state index in [1.807, 2.05) is 0 Å². The van der Waals surface area contributed by atoms with Gasteiger partial charge in [-0.1, -0.05) is 382 Å². The number of rotatable bonds is 81. The average molecular weight is 1480 g/mol. The standard InChI is InChI=1S/C82H160O17P2/c1-7-9-11-13-15-17-19-21-29-36-42-48-54-60-66-81(86)98-77(70-92-79(84)64-58-52-46-40-34-26-20-18-16-14-12-10-8-2)72-96-100(88,89)94-68-76(83)69-95-101(90,91)97-73-78(71-93-80(85)65-59-53-47-41-35-31-25-28-33-39-45-51-57-63-75(5)6)99-82(87)67-61-55-49-43-37-30-24-22-23-27-32-38-44-50-56-62-74(3)4/h74-78,83H,7-73H2,1-6H3,(H,88,89)(H,90,91)/t76-,77+,78+/m0/s1. The number of ether oxygens (including phenoxy) is 4. The Morgan fingerprint density at radius 3 is 0.673 bits per heavy atom. The van der Waals surface area contributed by atoms with Crippen molar-refractivity contribution in [3.05, 3.63) is 0 Å². The minimum atomic E-state index is -4.96. The summed E-state index contributed by atoms with van der Waals surface area (Å²) in [5.74, 6) is -0.510. The van der Waals surface area contributed by atoms with Crippen LogP contribution in [0, 0.1) is 11.8 Å². The normalized spacial score (nSPS) is 13.9. The molecule has 0 aromatic carbocycles. The van der Waals surface area contributed by atoms with E-state index < -0.39 is 97.5 Å². The lowest BCUT2D eigenvalue weighted by atomic mass is 10.0. The Labute approximate surface area is 619 Å². The first-order valence-electron chi connectivity index (χ1n) is 42.5. The zero-order valence-electron chi connectivity index (χ0n) is 66.2. The quantitative estimate of drug-likeness (QED) is 0.0222. The van der Waals surface area contributed by atoms with Crippen LogP contribution >= 0.6 is 15.6 Å². The maximum absolute atomic E-state index is 13.1. The van der Waals surface area contributed by atoms with Crippen LogP contribution in [-0.4, -0.2) is 96.7 Å². The summed E-state index contributed by atoms with van der Waals surface area (Å²) in [7, 11) is -9.92. The molecule has 600 valence electrons. The van der Waals surface area contributed by atoms with Gasteiger partial charge in [0.15, 0.2) is 12.2 Å². The molecule has 0 amide bonds. The molecule has 0 radical (unpaired) electrons. The highest BCUT2D eigenvalue weighted by atomic mass is 31.2. The second kappa shape index (κ2) is 73.6. The van der Waals surface area contributed by atoms with E-state index in [0.29, 0.717) is 25.7 Å². The van der Waals surface area contributed by atoms with Gasteiger partial charge in [0, 0.05) is 25.7 Å². The number of unbranched alkanes of at least 4 members (excludes halogenated alkanes) is 51. The van der Waals surface area contributed by atoms with Gasteiger partial charge in [0.25, 0.3) is 0 Å². The van der Waals surface area contributed by atoms with Gasteiger partial charge >= 0.3 is 39.5 Å². The number of esters is 4. The first kappa shape index (κ1) is 99.1. The van der Waals surface area contributed by atoms with Gasteiger partial charge in [0.05, 0.1) is 26.4 Å². The molecule has 0 aliphatic rings. The summed E-state index contributed by atoms with van der Waals surface area (Å²) >= 11 is 0. The fraction of sp³-hybridized carbons (Fsp3) is 0.951. The summed E-state index contributed by atoms with van der Waals surface area (Å²) in [4.78, 5) is 73.1. The van der Waals surface area contributed by atoms with Gasteiger partial charge < -0.3 is 33.8 Å². The third-order valence-electron chi connectivity index (χ3n) is 19.2. The van der Waals surface area contributed by atoms with Gasteiger partial charge in [-0.3, -0.25) is 37.3 Å². The third-order valence-corrected chi connectivity index (χ3v) is 21.1. The molecule has 0 spiro atoms. The van der Waals surface area contributed by atoms with E-state index in [0.717, 1.165) is 102 Å². The molecule has 17 nitrogen and oxygen atoms in total. The molecule has 0 aliphatic heterocycles. The second-order valence-electron chi connectivity index (χ2n) is 30.5. The molecule has 0 aromatic heterocycles. The van der Waals surface area contributed by atoms with Gasteiger partial charge in [0.2, 0.25) is 0 Å². The monoisotopic (exact) mass is 1480 g/mol. The molecule has 0 saturated heterocycles. The summed E-state index contributed by atoms with van der Waals surface area (Å²) < 4.78 is 68.8. The van der Waals surface area contributed by atoms with Crippen LogP contribution < -0.4 is 0 Å². The maximum Gasteiger partial charge on any atom is 0.472 e. The Bertz CT molecular complexity index is 1940. The Hall–Kier alpha value is -1.94. The van der Waals surface area contributed by atoms with E-state index in [1.165, 1.54) is 250 Å². The Kier molecular flexibility index (Phi) is 72.2. The zero-order valence-corrected chi connectivity index (χ0v) is 68.0. The van der Waals surface area contributed by atoms with Crippen LogP contribution in [0.1, 0.15) is 433 Å².